The average molecular weight is 424 g/mol. The minimum absolute atomic E-state index is 0.0642. The van der Waals surface area contributed by atoms with Crippen LogP contribution < -0.4 is 10.3 Å². The quantitative estimate of drug-likeness (QED) is 0.458. The number of fused-ring (bicyclic) bond motifs is 2. The molecule has 0 aliphatic heterocycles. The van der Waals surface area contributed by atoms with Crippen molar-refractivity contribution in [3.8, 4) is 6.07 Å². The van der Waals surface area contributed by atoms with Crippen LogP contribution in [0.5, 0.6) is 0 Å². The minimum Gasteiger partial charge on any atom is -0.465 e. The van der Waals surface area contributed by atoms with E-state index in [0.29, 0.717) is 32.5 Å². The Balaban J connectivity index is 2.14. The van der Waals surface area contributed by atoms with Crippen LogP contribution in [0.3, 0.4) is 0 Å². The van der Waals surface area contributed by atoms with Crippen molar-refractivity contribution in [3.05, 3.63) is 51.1 Å². The number of aromatic nitrogens is 1. The van der Waals surface area contributed by atoms with Crippen LogP contribution in [0.25, 0.3) is 21.8 Å². The van der Waals surface area contributed by atoms with Crippen LogP contribution in [0.1, 0.15) is 25.3 Å². The Labute approximate surface area is 179 Å². The van der Waals surface area contributed by atoms with Crippen molar-refractivity contribution in [2.45, 2.75) is 31.7 Å². The summed E-state index contributed by atoms with van der Waals surface area (Å²) in [5.74, 6) is -0.403. The molecule has 30 heavy (non-hydrogen) atoms. The highest BCUT2D eigenvalue weighted by atomic mass is 35.5. The van der Waals surface area contributed by atoms with Gasteiger partial charge in [0.05, 0.1) is 39.8 Å². The molecule has 0 unspecified atom stereocenters. The molecule has 6 nitrogen and oxygen atoms in total. The number of benzene rings is 2. The number of esters is 1. The monoisotopic (exact) mass is 423 g/mol. The maximum Gasteiger partial charge on any atom is 0.325 e. The van der Waals surface area contributed by atoms with Gasteiger partial charge in [-0.3, -0.25) is 9.59 Å². The van der Waals surface area contributed by atoms with Gasteiger partial charge in [-0.2, -0.15) is 5.26 Å². The van der Waals surface area contributed by atoms with E-state index in [4.69, 9.17) is 16.3 Å². The molecule has 0 amide bonds. The molecule has 0 spiro atoms. The predicted molar refractivity (Wildman–Crippen MR) is 118 cm³/mol. The van der Waals surface area contributed by atoms with Crippen LogP contribution in [0, 0.1) is 11.3 Å². The molecule has 0 bridgehead atoms. The first-order chi connectivity index (χ1) is 14.3. The summed E-state index contributed by atoms with van der Waals surface area (Å²) in [5.41, 5.74) is 2.06. The van der Waals surface area contributed by atoms with Crippen molar-refractivity contribution in [2.24, 2.45) is 0 Å². The Morgan fingerprint density at radius 3 is 2.57 bits per heavy atom. The molecule has 1 saturated carbocycles. The third kappa shape index (κ3) is 3.10. The number of carbonyl (C=O) groups excluding carboxylic acids is 1. The van der Waals surface area contributed by atoms with Gasteiger partial charge >= 0.3 is 5.97 Å². The molecule has 3 aromatic rings. The Morgan fingerprint density at radius 1 is 1.27 bits per heavy atom. The fourth-order valence-electron chi connectivity index (χ4n) is 4.04. The Hall–Kier alpha value is -3.04. The van der Waals surface area contributed by atoms with Gasteiger partial charge in [-0.25, -0.2) is 0 Å². The third-order valence-electron chi connectivity index (χ3n) is 5.71. The minimum atomic E-state index is -0.507. The number of ether oxygens (including phenoxy) is 1. The largest absolute Gasteiger partial charge is 0.465 e. The highest BCUT2D eigenvalue weighted by Crippen LogP contribution is 2.48. The number of carbonyl (C=O) groups is 1. The molecule has 0 N–H and O–H groups in total. The number of halogens is 1. The van der Waals surface area contributed by atoms with Crippen LogP contribution in [0.4, 0.5) is 5.69 Å². The molecule has 0 radical (unpaired) electrons. The molecule has 0 saturated heterocycles. The van der Waals surface area contributed by atoms with Gasteiger partial charge in [-0.15, -0.1) is 0 Å². The average Bonchev–Trinajstić information content (AvgIpc) is 3.51. The molecule has 1 fully saturated rings. The zero-order valence-corrected chi connectivity index (χ0v) is 17.9. The normalized spacial score (nSPS) is 14.5. The lowest BCUT2D eigenvalue weighted by molar-refractivity contribution is -0.143. The van der Waals surface area contributed by atoms with Gasteiger partial charge in [0.1, 0.15) is 6.54 Å². The maximum atomic E-state index is 13.3. The summed E-state index contributed by atoms with van der Waals surface area (Å²) in [7, 11) is 3.69. The summed E-state index contributed by atoms with van der Waals surface area (Å²) in [6, 6.07) is 11.3. The van der Waals surface area contributed by atoms with Crippen molar-refractivity contribution in [1.82, 2.24) is 4.57 Å². The molecule has 1 aliphatic carbocycles. The fourth-order valence-corrected chi connectivity index (χ4v) is 4.36. The van der Waals surface area contributed by atoms with E-state index in [1.54, 1.807) is 29.7 Å². The topological polar surface area (TPSA) is 75.3 Å². The lowest BCUT2D eigenvalue weighted by Crippen LogP contribution is -2.21. The maximum absolute atomic E-state index is 13.3. The van der Waals surface area contributed by atoms with Gasteiger partial charge in [0, 0.05) is 24.9 Å². The molecular weight excluding hydrogens is 402 g/mol. The van der Waals surface area contributed by atoms with E-state index in [-0.39, 0.29) is 18.6 Å². The van der Waals surface area contributed by atoms with E-state index in [1.165, 1.54) is 0 Å². The molecule has 0 atom stereocenters. The smallest absolute Gasteiger partial charge is 0.325 e. The molecular formula is C23H22ClN3O3. The van der Waals surface area contributed by atoms with Gasteiger partial charge in [0.2, 0.25) is 0 Å². The summed E-state index contributed by atoms with van der Waals surface area (Å²) in [6.07, 6.45) is 1.58. The molecule has 2 aromatic carbocycles. The number of pyridine rings is 1. The van der Waals surface area contributed by atoms with Crippen molar-refractivity contribution in [3.63, 3.8) is 0 Å². The molecule has 1 aromatic heterocycles. The second-order valence-corrected chi connectivity index (χ2v) is 8.24. The van der Waals surface area contributed by atoms with Crippen LogP contribution in [-0.2, 0) is 21.5 Å². The van der Waals surface area contributed by atoms with E-state index in [2.05, 4.69) is 6.07 Å². The van der Waals surface area contributed by atoms with Crippen LogP contribution >= 0.6 is 11.6 Å². The van der Waals surface area contributed by atoms with Crippen LogP contribution in [-0.4, -0.2) is 31.2 Å². The van der Waals surface area contributed by atoms with Crippen molar-refractivity contribution in [1.29, 1.82) is 5.26 Å². The highest BCUT2D eigenvalue weighted by molar-refractivity contribution is 6.35. The van der Waals surface area contributed by atoms with E-state index < -0.39 is 11.4 Å². The van der Waals surface area contributed by atoms with Gasteiger partial charge < -0.3 is 14.2 Å². The van der Waals surface area contributed by atoms with Gasteiger partial charge in [0.25, 0.3) is 0 Å². The van der Waals surface area contributed by atoms with Crippen LogP contribution in [0.15, 0.2) is 35.1 Å². The molecule has 154 valence electrons. The Morgan fingerprint density at radius 2 is 1.97 bits per heavy atom. The number of anilines is 1. The summed E-state index contributed by atoms with van der Waals surface area (Å²) in [6.45, 7) is 1.95. The van der Waals surface area contributed by atoms with Gasteiger partial charge in [0.15, 0.2) is 5.43 Å². The number of nitriles is 1. The molecule has 1 heterocycles. The molecule has 4 rings (SSSR count). The summed E-state index contributed by atoms with van der Waals surface area (Å²) in [5, 5.41) is 11.1. The lowest BCUT2D eigenvalue weighted by Gasteiger charge is -2.22. The standard InChI is InChI=1S/C23H22ClN3O3/c1-4-30-19(28)12-27-18-11-14(23(13-25)9-10-23)5-6-15(18)22(29)16-7-8-17(24)21(20(16)27)26(2)3/h5-8,11H,4,9-10,12H2,1-3H3. The second kappa shape index (κ2) is 7.33. The first-order valence-electron chi connectivity index (χ1n) is 9.86. The highest BCUT2D eigenvalue weighted by Gasteiger charge is 2.45. The second-order valence-electron chi connectivity index (χ2n) is 7.83. The van der Waals surface area contributed by atoms with E-state index in [1.807, 2.05) is 31.1 Å². The zero-order valence-electron chi connectivity index (χ0n) is 17.2. The number of nitrogens with zero attached hydrogens (tertiary/aromatic N) is 3. The number of hydrogen-bond acceptors (Lipinski definition) is 5. The van der Waals surface area contributed by atoms with Crippen molar-refractivity contribution < 1.29 is 9.53 Å². The SMILES string of the molecule is CCOC(=O)Cn1c2cc(C3(C#N)CC3)ccc2c(=O)c2ccc(Cl)c(N(C)C)c21. The number of hydrogen-bond donors (Lipinski definition) is 0. The summed E-state index contributed by atoms with van der Waals surface area (Å²) < 4.78 is 6.99. The summed E-state index contributed by atoms with van der Waals surface area (Å²) in [4.78, 5) is 27.6. The fraction of sp³-hybridized carbons (Fsp3) is 0.348. The van der Waals surface area contributed by atoms with E-state index in [0.717, 1.165) is 18.4 Å². The van der Waals surface area contributed by atoms with Crippen molar-refractivity contribution >= 4 is 45.1 Å². The summed E-state index contributed by atoms with van der Waals surface area (Å²) >= 11 is 6.49. The molecule has 1 aliphatic rings. The molecule has 7 heteroatoms. The zero-order chi connectivity index (χ0) is 21.6. The Bertz CT molecular complexity index is 1280. The van der Waals surface area contributed by atoms with Crippen LogP contribution in [0.2, 0.25) is 5.02 Å². The predicted octanol–water partition coefficient (Wildman–Crippen LogP) is 3.99. The van der Waals surface area contributed by atoms with Gasteiger partial charge in [-0.05, 0) is 49.6 Å². The van der Waals surface area contributed by atoms with E-state index in [9.17, 15) is 14.9 Å². The van der Waals surface area contributed by atoms with Crippen molar-refractivity contribution in [2.75, 3.05) is 25.6 Å². The third-order valence-corrected chi connectivity index (χ3v) is 6.01. The van der Waals surface area contributed by atoms with E-state index >= 15 is 0 Å². The lowest BCUT2D eigenvalue weighted by atomic mass is 9.95. The van der Waals surface area contributed by atoms with Gasteiger partial charge in [-0.1, -0.05) is 17.7 Å². The first kappa shape index (κ1) is 20.2. The Kier molecular flexibility index (Phi) is 4.95. The number of rotatable bonds is 5. The first-order valence-corrected chi connectivity index (χ1v) is 10.2.